The molecule has 194 valence electrons. The number of allylic oxidation sites excluding steroid dienone is 1. The van der Waals surface area contributed by atoms with Crippen LogP contribution in [0.25, 0.3) is 22.3 Å². The Morgan fingerprint density at radius 1 is 1.22 bits per heavy atom. The van der Waals surface area contributed by atoms with Crippen LogP contribution in [0.3, 0.4) is 0 Å². The van der Waals surface area contributed by atoms with Gasteiger partial charge in [-0.2, -0.15) is 0 Å². The van der Waals surface area contributed by atoms with Crippen LogP contribution in [0.1, 0.15) is 32.3 Å². The van der Waals surface area contributed by atoms with Gasteiger partial charge in [0.15, 0.2) is 5.82 Å². The summed E-state index contributed by atoms with van der Waals surface area (Å²) < 4.78 is 11.6. The molecule has 0 aliphatic carbocycles. The number of hydrogen-bond donors (Lipinski definition) is 2. The zero-order chi connectivity index (χ0) is 26.4. The molecule has 0 bridgehead atoms. The van der Waals surface area contributed by atoms with Crippen molar-refractivity contribution < 1.29 is 14.6 Å². The zero-order valence-corrected chi connectivity index (χ0v) is 21.9. The van der Waals surface area contributed by atoms with Crippen molar-refractivity contribution in [3.05, 3.63) is 60.7 Å². The molecule has 0 amide bonds. The number of nitrogens with zero attached hydrogens (tertiary/aromatic N) is 5. The second kappa shape index (κ2) is 11.6. The van der Waals surface area contributed by atoms with E-state index in [2.05, 4.69) is 36.8 Å². The molecule has 9 heteroatoms. The Labute approximate surface area is 217 Å². The summed E-state index contributed by atoms with van der Waals surface area (Å²) in [6, 6.07) is 3.72. The van der Waals surface area contributed by atoms with Gasteiger partial charge in [0.25, 0.3) is 0 Å². The van der Waals surface area contributed by atoms with Gasteiger partial charge in [-0.15, -0.1) is 0 Å². The summed E-state index contributed by atoms with van der Waals surface area (Å²) in [5.41, 5.74) is 3.21. The van der Waals surface area contributed by atoms with E-state index in [4.69, 9.17) is 9.47 Å². The number of nitrogens with one attached hydrogen (secondary N) is 1. The smallest absolute Gasteiger partial charge is 0.159 e. The lowest BCUT2D eigenvalue weighted by atomic mass is 9.95. The summed E-state index contributed by atoms with van der Waals surface area (Å²) in [5, 5.41) is 15.2. The van der Waals surface area contributed by atoms with E-state index in [-0.39, 0.29) is 12.6 Å². The minimum absolute atomic E-state index is 0.106. The summed E-state index contributed by atoms with van der Waals surface area (Å²) >= 11 is 0. The summed E-state index contributed by atoms with van der Waals surface area (Å²) in [6.45, 7) is 11.2. The molecule has 1 saturated heterocycles. The number of anilines is 1. The first kappa shape index (κ1) is 26.4. The minimum Gasteiger partial charge on any atom is -0.488 e. The van der Waals surface area contributed by atoms with Crippen molar-refractivity contribution in [1.29, 1.82) is 0 Å². The molecule has 1 aromatic carbocycles. The number of benzene rings is 1. The van der Waals surface area contributed by atoms with E-state index in [1.54, 1.807) is 19.4 Å². The molecule has 1 aliphatic heterocycles. The predicted octanol–water partition coefficient (Wildman–Crippen LogP) is 4.32. The van der Waals surface area contributed by atoms with Crippen molar-refractivity contribution >= 4 is 22.4 Å². The Hall–Kier alpha value is -3.69. The second-order valence-electron chi connectivity index (χ2n) is 9.44. The summed E-state index contributed by atoms with van der Waals surface area (Å²) in [4.78, 5) is 22.2. The maximum atomic E-state index is 11.0. The van der Waals surface area contributed by atoms with E-state index in [0.717, 1.165) is 27.8 Å². The third kappa shape index (κ3) is 6.55. The Balaban J connectivity index is 1.71. The van der Waals surface area contributed by atoms with Crippen molar-refractivity contribution in [2.24, 2.45) is 4.99 Å². The molecule has 1 atom stereocenters. The average Bonchev–Trinajstić information content (AvgIpc) is 2.91. The normalized spacial score (nSPS) is 16.6. The second-order valence-corrected chi connectivity index (χ2v) is 9.44. The standard InChI is InChI=1S/C28H34N6O3/c1-18-14-30-26(31-15-18)22-12-23-25(24(13-22)37-16-28(35)8-10-36-11-9-28)32-17-33-27(23)34-21(4)19(2)6-7-20(3)29-5/h6-7,12-15,17,21,35H,2,8-11,16H2,1,3-5H3,(H,32,33,34)/b7-6-,29-20?. The number of ether oxygens (including phenoxy) is 2. The quantitative estimate of drug-likeness (QED) is 0.328. The number of aryl methyl sites for hydroxylation is 1. The maximum absolute atomic E-state index is 11.0. The Morgan fingerprint density at radius 2 is 1.95 bits per heavy atom. The lowest BCUT2D eigenvalue weighted by molar-refractivity contribution is -0.0853. The van der Waals surface area contributed by atoms with Crippen LogP contribution in [0.2, 0.25) is 0 Å². The van der Waals surface area contributed by atoms with Crippen LogP contribution in [-0.4, -0.2) is 69.3 Å². The number of aliphatic hydroxyl groups is 1. The summed E-state index contributed by atoms with van der Waals surface area (Å²) in [7, 11) is 1.76. The molecule has 0 spiro atoms. The van der Waals surface area contributed by atoms with Gasteiger partial charge < -0.3 is 19.9 Å². The van der Waals surface area contributed by atoms with Gasteiger partial charge in [-0.3, -0.25) is 4.99 Å². The third-order valence-corrected chi connectivity index (χ3v) is 6.46. The number of hydrogen-bond acceptors (Lipinski definition) is 9. The zero-order valence-electron chi connectivity index (χ0n) is 21.9. The van der Waals surface area contributed by atoms with E-state index >= 15 is 0 Å². The number of aliphatic imine (C=N–C) groups is 1. The lowest BCUT2D eigenvalue weighted by Gasteiger charge is -2.31. The molecule has 2 N–H and O–H groups in total. The van der Waals surface area contributed by atoms with Crippen LogP contribution in [0, 0.1) is 6.92 Å². The monoisotopic (exact) mass is 502 g/mol. The van der Waals surface area contributed by atoms with Crippen LogP contribution in [0.4, 0.5) is 5.82 Å². The number of rotatable bonds is 9. The molecule has 1 aliphatic rings. The van der Waals surface area contributed by atoms with Crippen molar-refractivity contribution in [3.63, 3.8) is 0 Å². The molecule has 0 radical (unpaired) electrons. The van der Waals surface area contributed by atoms with Gasteiger partial charge in [0.05, 0.1) is 0 Å². The molecular formula is C28H34N6O3. The molecule has 1 fully saturated rings. The highest BCUT2D eigenvalue weighted by Gasteiger charge is 2.31. The first-order chi connectivity index (χ1) is 17.8. The van der Waals surface area contributed by atoms with Crippen LogP contribution in [0.15, 0.2) is 60.2 Å². The predicted molar refractivity (Wildman–Crippen MR) is 146 cm³/mol. The van der Waals surface area contributed by atoms with E-state index in [9.17, 15) is 5.11 Å². The molecule has 3 aromatic rings. The Morgan fingerprint density at radius 3 is 2.65 bits per heavy atom. The van der Waals surface area contributed by atoms with Crippen molar-refractivity contribution in [1.82, 2.24) is 19.9 Å². The van der Waals surface area contributed by atoms with E-state index in [1.807, 2.05) is 45.1 Å². The van der Waals surface area contributed by atoms with Gasteiger partial charge >= 0.3 is 0 Å². The van der Waals surface area contributed by atoms with Gasteiger partial charge in [-0.1, -0.05) is 12.7 Å². The number of aromatic nitrogens is 4. The largest absolute Gasteiger partial charge is 0.488 e. The molecule has 37 heavy (non-hydrogen) atoms. The average molecular weight is 503 g/mol. The molecule has 1 unspecified atom stereocenters. The fourth-order valence-electron chi connectivity index (χ4n) is 3.88. The summed E-state index contributed by atoms with van der Waals surface area (Å²) in [6.07, 6.45) is 9.96. The SMILES string of the molecule is C=C(/C=C\C(C)=NC)C(C)Nc1ncnc2c(OCC3(O)CCOCC3)cc(-c3ncc(C)cn3)cc12. The number of fused-ring (bicyclic) bond motifs is 1. The molecule has 4 rings (SSSR count). The van der Waals surface area contributed by atoms with Gasteiger partial charge in [0.1, 0.15) is 35.6 Å². The van der Waals surface area contributed by atoms with Crippen molar-refractivity contribution in [2.75, 3.05) is 32.2 Å². The third-order valence-electron chi connectivity index (χ3n) is 6.46. The van der Waals surface area contributed by atoms with Crippen LogP contribution in [0.5, 0.6) is 5.75 Å². The highest BCUT2D eigenvalue weighted by atomic mass is 16.5. The molecule has 3 heterocycles. The van der Waals surface area contributed by atoms with Gasteiger partial charge in [-0.05, 0) is 50.1 Å². The highest BCUT2D eigenvalue weighted by Crippen LogP contribution is 2.34. The topological polar surface area (TPSA) is 115 Å². The van der Waals surface area contributed by atoms with Crippen molar-refractivity contribution in [3.8, 4) is 17.1 Å². The minimum atomic E-state index is -0.951. The first-order valence-electron chi connectivity index (χ1n) is 12.4. The molecule has 0 saturated carbocycles. The maximum Gasteiger partial charge on any atom is 0.159 e. The van der Waals surface area contributed by atoms with Gasteiger partial charge in [0.2, 0.25) is 0 Å². The van der Waals surface area contributed by atoms with E-state index < -0.39 is 5.60 Å². The van der Waals surface area contributed by atoms with E-state index in [0.29, 0.717) is 49.0 Å². The van der Waals surface area contributed by atoms with Crippen LogP contribution in [-0.2, 0) is 4.74 Å². The molecular weight excluding hydrogens is 468 g/mol. The van der Waals surface area contributed by atoms with Crippen LogP contribution < -0.4 is 10.1 Å². The highest BCUT2D eigenvalue weighted by molar-refractivity contribution is 5.96. The lowest BCUT2D eigenvalue weighted by Crippen LogP contribution is -2.41. The van der Waals surface area contributed by atoms with Gasteiger partial charge in [-0.25, -0.2) is 19.9 Å². The molecule has 9 nitrogen and oxygen atoms in total. The Bertz CT molecular complexity index is 1310. The summed E-state index contributed by atoms with van der Waals surface area (Å²) in [5.74, 6) is 1.73. The fourth-order valence-corrected chi connectivity index (χ4v) is 3.88. The fraction of sp³-hybridized carbons (Fsp3) is 0.393. The van der Waals surface area contributed by atoms with Crippen molar-refractivity contribution in [2.45, 2.75) is 45.3 Å². The van der Waals surface area contributed by atoms with Gasteiger partial charge in [0, 0.05) is 68.2 Å². The van der Waals surface area contributed by atoms with E-state index in [1.165, 1.54) is 6.33 Å². The first-order valence-corrected chi connectivity index (χ1v) is 12.4. The van der Waals surface area contributed by atoms with Crippen LogP contribution >= 0.6 is 0 Å². The molecule has 2 aromatic heterocycles. The Kier molecular flexibility index (Phi) is 8.25.